The summed E-state index contributed by atoms with van der Waals surface area (Å²) in [6.45, 7) is 1.91. The Morgan fingerprint density at radius 2 is 1.88 bits per heavy atom. The fraction of sp³-hybridized carbons (Fsp3) is 0.562. The number of nitrogens with one attached hydrogen (secondary N) is 1. The van der Waals surface area contributed by atoms with Crippen LogP contribution in [0.3, 0.4) is 0 Å². The van der Waals surface area contributed by atoms with Gasteiger partial charge in [-0.25, -0.2) is 4.39 Å². The van der Waals surface area contributed by atoms with E-state index in [1.165, 1.54) is 20.7 Å². The van der Waals surface area contributed by atoms with Crippen LogP contribution in [0.1, 0.15) is 12.8 Å². The topological polar surface area (TPSA) is 79.0 Å². The molecule has 2 saturated heterocycles. The van der Waals surface area contributed by atoms with Crippen LogP contribution in [0.2, 0.25) is 0 Å². The maximum Gasteiger partial charge on any atom is 0.282 e. The molecule has 1 unspecified atom stereocenters. The van der Waals surface area contributed by atoms with Gasteiger partial charge in [0.25, 0.3) is 10.2 Å². The number of para-hydroxylation sites is 1. The Kier molecular flexibility index (Phi) is 5.67. The van der Waals surface area contributed by atoms with E-state index in [4.69, 9.17) is 4.74 Å². The highest BCUT2D eigenvalue weighted by molar-refractivity contribution is 7.86. The first kappa shape index (κ1) is 18.2. The summed E-state index contributed by atoms with van der Waals surface area (Å²) in [6.07, 6.45) is 1.17. The minimum absolute atomic E-state index is 0.111. The molecule has 0 bridgehead atoms. The Morgan fingerprint density at radius 3 is 2.60 bits per heavy atom. The number of hydrogen-bond acceptors (Lipinski definition) is 4. The predicted molar refractivity (Wildman–Crippen MR) is 90.6 cm³/mol. The van der Waals surface area contributed by atoms with E-state index in [9.17, 15) is 17.6 Å². The maximum absolute atomic E-state index is 13.7. The normalized spacial score (nSPS) is 23.3. The first-order chi connectivity index (χ1) is 12.0. The minimum Gasteiger partial charge on any atom is -0.379 e. The average Bonchev–Trinajstić information content (AvgIpc) is 2.64. The number of benzene rings is 1. The van der Waals surface area contributed by atoms with Gasteiger partial charge in [-0.1, -0.05) is 12.1 Å². The summed E-state index contributed by atoms with van der Waals surface area (Å²) >= 11 is 0. The van der Waals surface area contributed by atoms with Crippen molar-refractivity contribution in [2.24, 2.45) is 5.92 Å². The second-order valence-corrected chi connectivity index (χ2v) is 8.11. The molecular formula is C16H22FN3O4S. The quantitative estimate of drug-likeness (QED) is 0.858. The Balaban J connectivity index is 1.66. The first-order valence-corrected chi connectivity index (χ1v) is 9.76. The van der Waals surface area contributed by atoms with E-state index in [2.05, 4.69) is 5.32 Å². The van der Waals surface area contributed by atoms with Crippen LogP contribution in [0.15, 0.2) is 24.3 Å². The van der Waals surface area contributed by atoms with Gasteiger partial charge in [0.2, 0.25) is 5.91 Å². The highest BCUT2D eigenvalue weighted by Crippen LogP contribution is 2.23. The standard InChI is InChI=1S/C16H22FN3O4S/c17-14-5-1-2-6-15(14)18-16(21)13-4-3-7-20(12-13)25(22,23)19-8-10-24-11-9-19/h1-2,5-6,13H,3-4,7-12H2,(H,18,21). The van der Waals surface area contributed by atoms with Crippen molar-refractivity contribution in [3.05, 3.63) is 30.1 Å². The zero-order valence-electron chi connectivity index (χ0n) is 13.9. The van der Waals surface area contributed by atoms with Gasteiger partial charge in [-0.2, -0.15) is 17.0 Å². The number of carbonyl (C=O) groups excluding carboxylic acids is 1. The molecule has 2 aliphatic heterocycles. The first-order valence-electron chi connectivity index (χ1n) is 8.37. The van der Waals surface area contributed by atoms with Crippen LogP contribution in [0.5, 0.6) is 0 Å². The molecule has 0 radical (unpaired) electrons. The fourth-order valence-electron chi connectivity index (χ4n) is 3.10. The van der Waals surface area contributed by atoms with E-state index in [1.807, 2.05) is 0 Å². The molecule has 25 heavy (non-hydrogen) atoms. The summed E-state index contributed by atoms with van der Waals surface area (Å²) < 4.78 is 47.1. The van der Waals surface area contributed by atoms with Gasteiger partial charge in [0, 0.05) is 26.2 Å². The number of halogens is 1. The summed E-state index contributed by atoms with van der Waals surface area (Å²) in [5.74, 6) is -1.36. The summed E-state index contributed by atoms with van der Waals surface area (Å²) in [7, 11) is -3.60. The molecule has 1 aromatic carbocycles. The Bertz CT molecular complexity index is 722. The monoisotopic (exact) mass is 371 g/mol. The van der Waals surface area contributed by atoms with Crippen molar-refractivity contribution in [2.45, 2.75) is 12.8 Å². The molecule has 9 heteroatoms. The molecule has 0 saturated carbocycles. The highest BCUT2D eigenvalue weighted by atomic mass is 32.2. The van der Waals surface area contributed by atoms with E-state index in [0.717, 1.165) is 0 Å². The van der Waals surface area contributed by atoms with Gasteiger partial charge in [-0.05, 0) is 25.0 Å². The van der Waals surface area contributed by atoms with Crippen molar-refractivity contribution in [1.82, 2.24) is 8.61 Å². The molecule has 0 spiro atoms. The van der Waals surface area contributed by atoms with E-state index < -0.39 is 21.9 Å². The van der Waals surface area contributed by atoms with Crippen molar-refractivity contribution in [3.63, 3.8) is 0 Å². The zero-order chi connectivity index (χ0) is 17.9. The van der Waals surface area contributed by atoms with Crippen molar-refractivity contribution >= 4 is 21.8 Å². The van der Waals surface area contributed by atoms with Crippen molar-refractivity contribution in [1.29, 1.82) is 0 Å². The lowest BCUT2D eigenvalue weighted by Gasteiger charge is -2.36. The second-order valence-electron chi connectivity index (χ2n) is 6.19. The lowest BCUT2D eigenvalue weighted by atomic mass is 9.98. The Hall–Kier alpha value is -1.55. The predicted octanol–water partition coefficient (Wildman–Crippen LogP) is 1.05. The summed E-state index contributed by atoms with van der Waals surface area (Å²) in [6, 6.07) is 5.93. The van der Waals surface area contributed by atoms with Gasteiger partial charge in [-0.3, -0.25) is 4.79 Å². The molecule has 1 atom stereocenters. The van der Waals surface area contributed by atoms with E-state index in [-0.39, 0.29) is 18.1 Å². The SMILES string of the molecule is O=C(Nc1ccccc1F)C1CCCN(S(=O)(=O)N2CCOCC2)C1. The summed E-state index contributed by atoms with van der Waals surface area (Å²) in [4.78, 5) is 12.4. The molecule has 7 nitrogen and oxygen atoms in total. The molecule has 2 aliphatic rings. The number of nitrogens with zero attached hydrogens (tertiary/aromatic N) is 2. The van der Waals surface area contributed by atoms with Crippen LogP contribution in [-0.4, -0.2) is 62.3 Å². The smallest absolute Gasteiger partial charge is 0.282 e. The van der Waals surface area contributed by atoms with Gasteiger partial charge >= 0.3 is 0 Å². The molecule has 0 aromatic heterocycles. The Morgan fingerprint density at radius 1 is 1.16 bits per heavy atom. The molecule has 1 aromatic rings. The van der Waals surface area contributed by atoms with Gasteiger partial charge in [-0.15, -0.1) is 0 Å². The largest absolute Gasteiger partial charge is 0.379 e. The lowest BCUT2D eigenvalue weighted by molar-refractivity contribution is -0.120. The van der Waals surface area contributed by atoms with E-state index in [1.54, 1.807) is 12.1 Å². The van der Waals surface area contributed by atoms with Gasteiger partial charge < -0.3 is 10.1 Å². The van der Waals surface area contributed by atoms with E-state index in [0.29, 0.717) is 45.7 Å². The van der Waals surface area contributed by atoms with Crippen LogP contribution < -0.4 is 5.32 Å². The number of rotatable bonds is 4. The molecular weight excluding hydrogens is 349 g/mol. The third kappa shape index (κ3) is 4.17. The van der Waals surface area contributed by atoms with Crippen LogP contribution in [0, 0.1) is 11.7 Å². The second kappa shape index (κ2) is 7.77. The number of anilines is 1. The molecule has 3 rings (SSSR count). The minimum atomic E-state index is -3.60. The highest BCUT2D eigenvalue weighted by Gasteiger charge is 2.36. The van der Waals surface area contributed by atoms with Crippen molar-refractivity contribution < 1.29 is 22.3 Å². The van der Waals surface area contributed by atoms with Crippen LogP contribution in [0.25, 0.3) is 0 Å². The number of morpholine rings is 1. The van der Waals surface area contributed by atoms with Gasteiger partial charge in [0.1, 0.15) is 5.82 Å². The number of hydrogen-bond donors (Lipinski definition) is 1. The molecule has 1 N–H and O–H groups in total. The van der Waals surface area contributed by atoms with Crippen LogP contribution in [-0.2, 0) is 19.7 Å². The van der Waals surface area contributed by atoms with Crippen molar-refractivity contribution in [3.8, 4) is 0 Å². The molecule has 2 heterocycles. The van der Waals surface area contributed by atoms with Gasteiger partial charge in [0.15, 0.2) is 0 Å². The molecule has 1 amide bonds. The number of amides is 1. The summed E-state index contributed by atoms with van der Waals surface area (Å²) in [5.41, 5.74) is 0.112. The third-order valence-electron chi connectivity index (χ3n) is 4.51. The third-order valence-corrected chi connectivity index (χ3v) is 6.51. The van der Waals surface area contributed by atoms with Crippen LogP contribution in [0.4, 0.5) is 10.1 Å². The fourth-order valence-corrected chi connectivity index (χ4v) is 4.77. The molecule has 2 fully saturated rings. The molecule has 0 aliphatic carbocycles. The number of piperidine rings is 1. The van der Waals surface area contributed by atoms with Gasteiger partial charge in [0.05, 0.1) is 24.8 Å². The average molecular weight is 371 g/mol. The summed E-state index contributed by atoms with van der Waals surface area (Å²) in [5, 5.41) is 2.56. The zero-order valence-corrected chi connectivity index (χ0v) is 14.7. The van der Waals surface area contributed by atoms with Crippen LogP contribution >= 0.6 is 0 Å². The maximum atomic E-state index is 13.7. The molecule has 138 valence electrons. The lowest BCUT2D eigenvalue weighted by Crippen LogP contribution is -2.52. The number of carbonyl (C=O) groups is 1. The number of ether oxygens (including phenoxy) is 1. The Labute approximate surface area is 146 Å². The van der Waals surface area contributed by atoms with E-state index >= 15 is 0 Å². The van der Waals surface area contributed by atoms with Crippen molar-refractivity contribution in [2.75, 3.05) is 44.7 Å².